The molecule has 2 heterocycles. The number of anilines is 2. The highest BCUT2D eigenvalue weighted by Crippen LogP contribution is 2.41. The largest absolute Gasteiger partial charge is 0.369 e. The van der Waals surface area contributed by atoms with Gasteiger partial charge in [0, 0.05) is 18.0 Å². The number of thiophene rings is 1. The van der Waals surface area contributed by atoms with Gasteiger partial charge in [-0.25, -0.2) is 0 Å². The van der Waals surface area contributed by atoms with Crippen LogP contribution in [-0.4, -0.2) is 18.8 Å². The molecule has 0 saturated carbocycles. The molecule has 1 aliphatic heterocycles. The molecule has 4 nitrogen and oxygen atoms in total. The van der Waals surface area contributed by atoms with E-state index in [1.165, 1.54) is 32.1 Å². The molecule has 0 spiro atoms. The van der Waals surface area contributed by atoms with Gasteiger partial charge in [0.25, 0.3) is 0 Å². The van der Waals surface area contributed by atoms with Crippen LogP contribution in [0, 0.1) is 16.7 Å². The van der Waals surface area contributed by atoms with E-state index in [4.69, 9.17) is 4.99 Å². The molecule has 1 aromatic heterocycles. The number of nitriles is 1. The lowest BCUT2D eigenvalue weighted by Gasteiger charge is -2.44. The fourth-order valence-electron chi connectivity index (χ4n) is 4.83. The van der Waals surface area contributed by atoms with Crippen molar-refractivity contribution in [1.82, 2.24) is 0 Å². The van der Waals surface area contributed by atoms with Gasteiger partial charge in [0.2, 0.25) is 0 Å². The molecule has 1 aliphatic rings. The van der Waals surface area contributed by atoms with Gasteiger partial charge in [-0.05, 0) is 74.6 Å². The van der Waals surface area contributed by atoms with Crippen molar-refractivity contribution in [2.45, 2.75) is 59.8 Å². The average Bonchev–Trinajstić information content (AvgIpc) is 3.38. The molecule has 1 aromatic carbocycles. The maximum absolute atomic E-state index is 9.55. The first kappa shape index (κ1) is 24.8. The van der Waals surface area contributed by atoms with Gasteiger partial charge >= 0.3 is 0 Å². The first-order valence-electron chi connectivity index (χ1n) is 12.0. The van der Waals surface area contributed by atoms with Gasteiger partial charge in [-0.3, -0.25) is 4.99 Å². The van der Waals surface area contributed by atoms with Gasteiger partial charge in [0.05, 0.1) is 40.1 Å². The van der Waals surface area contributed by atoms with Gasteiger partial charge in [-0.1, -0.05) is 39.0 Å². The Morgan fingerprint density at radius 3 is 2.82 bits per heavy atom. The van der Waals surface area contributed by atoms with Crippen molar-refractivity contribution in [3.8, 4) is 6.07 Å². The standard InChI is InChI=1S/C28H36N4S/c1-6-14-28(8-3)15-10-16-32(20-28)26-18-23(19-29)12-13-25(26)30-21(4)24(7-2)31-22(5)27-11-9-17-33-27/h7,9,11-13,17-18,30H,4,6,8,10,14-16,20H2,1-3,5H3/b24-7-,31-22?. The SMILES string of the molecule is C=C(Nc1ccc(C#N)cc1N1CCCC(CC)(CCC)C1)/C(=C/C)N=C(C)c1cccs1. The Morgan fingerprint density at radius 2 is 2.18 bits per heavy atom. The Morgan fingerprint density at radius 1 is 1.36 bits per heavy atom. The Hall–Kier alpha value is -2.84. The minimum absolute atomic E-state index is 0.348. The van der Waals surface area contributed by atoms with Gasteiger partial charge in [0.1, 0.15) is 0 Å². The van der Waals surface area contributed by atoms with Crippen LogP contribution < -0.4 is 10.2 Å². The zero-order valence-corrected chi connectivity index (χ0v) is 21.3. The Labute approximate surface area is 203 Å². The number of rotatable bonds is 9. The summed E-state index contributed by atoms with van der Waals surface area (Å²) < 4.78 is 0. The summed E-state index contributed by atoms with van der Waals surface area (Å²) in [5.74, 6) is 0. The zero-order chi connectivity index (χ0) is 23.8. The van der Waals surface area contributed by atoms with E-state index in [1.807, 2.05) is 44.2 Å². The van der Waals surface area contributed by atoms with Crippen LogP contribution in [0.5, 0.6) is 0 Å². The van der Waals surface area contributed by atoms with Crippen LogP contribution in [-0.2, 0) is 0 Å². The Kier molecular flexibility index (Phi) is 8.52. The monoisotopic (exact) mass is 460 g/mol. The van der Waals surface area contributed by atoms with Gasteiger partial charge in [-0.2, -0.15) is 5.26 Å². The highest BCUT2D eigenvalue weighted by Gasteiger charge is 2.34. The molecule has 0 radical (unpaired) electrons. The van der Waals surface area contributed by atoms with Crippen LogP contribution in [0.25, 0.3) is 0 Å². The molecule has 1 saturated heterocycles. The predicted octanol–water partition coefficient (Wildman–Crippen LogP) is 7.76. The molecule has 1 N–H and O–H groups in total. The van der Waals surface area contributed by atoms with Crippen LogP contribution in [0.15, 0.2) is 64.8 Å². The molecule has 1 atom stereocenters. The number of aliphatic imine (C=N–C) groups is 1. The zero-order valence-electron chi connectivity index (χ0n) is 20.4. The van der Waals surface area contributed by atoms with E-state index in [0.717, 1.165) is 46.4 Å². The number of piperidine rings is 1. The summed E-state index contributed by atoms with van der Waals surface area (Å²) in [4.78, 5) is 8.45. The second-order valence-electron chi connectivity index (χ2n) is 8.92. The molecule has 0 amide bonds. The fourth-order valence-corrected chi connectivity index (χ4v) is 5.51. The number of allylic oxidation sites excluding steroid dienone is 1. The molecular weight excluding hydrogens is 424 g/mol. The van der Waals surface area contributed by atoms with Gasteiger partial charge < -0.3 is 10.2 Å². The van der Waals surface area contributed by atoms with Crippen LogP contribution >= 0.6 is 11.3 Å². The number of hydrogen-bond donors (Lipinski definition) is 1. The summed E-state index contributed by atoms with van der Waals surface area (Å²) in [5.41, 5.74) is 5.64. The molecule has 5 heteroatoms. The van der Waals surface area contributed by atoms with Crippen LogP contribution in [0.3, 0.4) is 0 Å². The average molecular weight is 461 g/mol. The summed E-state index contributed by atoms with van der Waals surface area (Å²) in [6, 6.07) is 12.3. The van der Waals surface area contributed by atoms with Gasteiger partial charge in [0.15, 0.2) is 0 Å². The second-order valence-corrected chi connectivity index (χ2v) is 9.87. The summed E-state index contributed by atoms with van der Waals surface area (Å²) in [7, 11) is 0. The lowest BCUT2D eigenvalue weighted by molar-refractivity contribution is 0.202. The minimum atomic E-state index is 0.348. The predicted molar refractivity (Wildman–Crippen MR) is 143 cm³/mol. The van der Waals surface area contributed by atoms with Gasteiger partial charge in [-0.15, -0.1) is 11.3 Å². The third-order valence-electron chi connectivity index (χ3n) is 6.69. The highest BCUT2D eigenvalue weighted by atomic mass is 32.1. The van der Waals surface area contributed by atoms with E-state index < -0.39 is 0 Å². The molecule has 1 fully saturated rings. The summed E-state index contributed by atoms with van der Waals surface area (Å²) in [6.45, 7) is 14.9. The smallest absolute Gasteiger partial charge is 0.0992 e. The van der Waals surface area contributed by atoms with Crippen molar-refractivity contribution in [1.29, 1.82) is 5.26 Å². The molecular formula is C28H36N4S. The topological polar surface area (TPSA) is 51.4 Å². The second kappa shape index (κ2) is 11.3. The van der Waals surface area contributed by atoms with Crippen molar-refractivity contribution in [3.05, 3.63) is 70.2 Å². The van der Waals surface area contributed by atoms with Crippen molar-refractivity contribution in [2.75, 3.05) is 23.3 Å². The molecule has 174 valence electrons. The van der Waals surface area contributed by atoms with Crippen molar-refractivity contribution >= 4 is 28.4 Å². The van der Waals surface area contributed by atoms with Crippen molar-refractivity contribution < 1.29 is 0 Å². The maximum Gasteiger partial charge on any atom is 0.0992 e. The highest BCUT2D eigenvalue weighted by molar-refractivity contribution is 7.12. The molecule has 0 aliphatic carbocycles. The van der Waals surface area contributed by atoms with E-state index >= 15 is 0 Å². The number of nitrogens with one attached hydrogen (secondary N) is 1. The molecule has 33 heavy (non-hydrogen) atoms. The number of nitrogens with zero attached hydrogens (tertiary/aromatic N) is 3. The fraction of sp³-hybridized carbons (Fsp3) is 0.429. The maximum atomic E-state index is 9.55. The normalized spacial score (nSPS) is 19.3. The Bertz CT molecular complexity index is 1050. The molecule has 1 unspecified atom stereocenters. The van der Waals surface area contributed by atoms with E-state index in [1.54, 1.807) is 11.3 Å². The quantitative estimate of drug-likeness (QED) is 0.307. The van der Waals surface area contributed by atoms with E-state index in [0.29, 0.717) is 11.0 Å². The molecule has 2 aromatic rings. The summed E-state index contributed by atoms with van der Waals surface area (Å²) in [6.07, 6.45) is 8.07. The van der Waals surface area contributed by atoms with Crippen LogP contribution in [0.2, 0.25) is 0 Å². The third-order valence-corrected chi connectivity index (χ3v) is 7.67. The van der Waals surface area contributed by atoms with Crippen molar-refractivity contribution in [3.63, 3.8) is 0 Å². The lowest BCUT2D eigenvalue weighted by atomic mass is 9.74. The minimum Gasteiger partial charge on any atom is -0.369 e. The van der Waals surface area contributed by atoms with Crippen LogP contribution in [0.1, 0.15) is 70.2 Å². The number of hydrogen-bond acceptors (Lipinski definition) is 5. The van der Waals surface area contributed by atoms with E-state index in [9.17, 15) is 5.26 Å². The van der Waals surface area contributed by atoms with Crippen molar-refractivity contribution in [2.24, 2.45) is 10.4 Å². The first-order valence-corrected chi connectivity index (χ1v) is 12.8. The third kappa shape index (κ3) is 5.94. The molecule has 3 rings (SSSR count). The molecule has 0 bridgehead atoms. The summed E-state index contributed by atoms with van der Waals surface area (Å²) >= 11 is 1.68. The van der Waals surface area contributed by atoms with Crippen LogP contribution in [0.4, 0.5) is 11.4 Å². The van der Waals surface area contributed by atoms with E-state index in [2.05, 4.69) is 48.2 Å². The number of benzene rings is 1. The summed E-state index contributed by atoms with van der Waals surface area (Å²) in [5, 5.41) is 15.1. The van der Waals surface area contributed by atoms with E-state index in [-0.39, 0.29) is 0 Å². The first-order chi connectivity index (χ1) is 15.9. The lowest BCUT2D eigenvalue weighted by Crippen LogP contribution is -2.43. The Balaban J connectivity index is 1.88.